The Morgan fingerprint density at radius 3 is 2.81 bits per heavy atom. The van der Waals surface area contributed by atoms with E-state index >= 15 is 0 Å². The number of halogens is 1. The van der Waals surface area contributed by atoms with Crippen LogP contribution in [0.1, 0.15) is 18.9 Å². The molecule has 0 amide bonds. The molecule has 0 bridgehead atoms. The fourth-order valence-corrected chi connectivity index (χ4v) is 1.80. The number of aliphatic hydroxyl groups is 2. The molecule has 1 atom stereocenters. The van der Waals surface area contributed by atoms with Gasteiger partial charge in [-0.05, 0) is 30.2 Å². The third-order valence-electron chi connectivity index (χ3n) is 2.18. The van der Waals surface area contributed by atoms with E-state index in [0.29, 0.717) is 0 Å². The highest BCUT2D eigenvalue weighted by atomic mass is 79.9. The molecule has 16 heavy (non-hydrogen) atoms. The fourth-order valence-electron chi connectivity index (χ4n) is 1.39. The van der Waals surface area contributed by atoms with E-state index in [0.717, 1.165) is 28.6 Å². The molecule has 0 fully saturated rings. The van der Waals surface area contributed by atoms with Crippen molar-refractivity contribution in [2.45, 2.75) is 25.9 Å². The van der Waals surface area contributed by atoms with Gasteiger partial charge in [0.05, 0.1) is 6.61 Å². The van der Waals surface area contributed by atoms with Crippen LogP contribution in [0.25, 0.3) is 0 Å². The van der Waals surface area contributed by atoms with Gasteiger partial charge in [0.25, 0.3) is 0 Å². The molecule has 1 rings (SSSR count). The van der Waals surface area contributed by atoms with Gasteiger partial charge < -0.3 is 14.9 Å². The van der Waals surface area contributed by atoms with Crippen LogP contribution in [-0.4, -0.2) is 29.5 Å². The average Bonchev–Trinajstić information content (AvgIpc) is 2.28. The quantitative estimate of drug-likeness (QED) is 0.843. The van der Waals surface area contributed by atoms with Gasteiger partial charge in [-0.2, -0.15) is 0 Å². The smallest absolute Gasteiger partial charge is 0.122 e. The Kier molecular flexibility index (Phi) is 5.80. The van der Waals surface area contributed by atoms with E-state index in [1.807, 2.05) is 18.2 Å². The minimum absolute atomic E-state index is 0.120. The zero-order valence-corrected chi connectivity index (χ0v) is 10.9. The first-order valence-electron chi connectivity index (χ1n) is 5.37. The Balaban J connectivity index is 2.70. The van der Waals surface area contributed by atoms with Gasteiger partial charge in [0.1, 0.15) is 18.5 Å². The predicted octanol–water partition coefficient (Wildman–Crippen LogP) is 2.13. The van der Waals surface area contributed by atoms with Gasteiger partial charge in [0.2, 0.25) is 0 Å². The van der Waals surface area contributed by atoms with Crippen LogP contribution in [0.15, 0.2) is 22.7 Å². The molecule has 0 aliphatic carbocycles. The van der Waals surface area contributed by atoms with Crippen LogP contribution < -0.4 is 4.74 Å². The van der Waals surface area contributed by atoms with Crippen LogP contribution in [0.2, 0.25) is 0 Å². The summed E-state index contributed by atoms with van der Waals surface area (Å²) < 4.78 is 6.49. The van der Waals surface area contributed by atoms with Gasteiger partial charge in [-0.3, -0.25) is 0 Å². The van der Waals surface area contributed by atoms with Gasteiger partial charge >= 0.3 is 0 Å². The first-order chi connectivity index (χ1) is 7.67. The van der Waals surface area contributed by atoms with Crippen LogP contribution in [0.3, 0.4) is 0 Å². The summed E-state index contributed by atoms with van der Waals surface area (Å²) in [7, 11) is 0. The summed E-state index contributed by atoms with van der Waals surface area (Å²) in [5.74, 6) is 0.776. The van der Waals surface area contributed by atoms with Crippen molar-refractivity contribution in [1.82, 2.24) is 0 Å². The van der Waals surface area contributed by atoms with Crippen molar-refractivity contribution < 1.29 is 14.9 Å². The molecule has 0 spiro atoms. The summed E-state index contributed by atoms with van der Waals surface area (Å²) in [5, 5.41) is 17.9. The molecule has 90 valence electrons. The Morgan fingerprint density at radius 1 is 1.44 bits per heavy atom. The average molecular weight is 289 g/mol. The molecule has 2 N–H and O–H groups in total. The number of hydrogen-bond acceptors (Lipinski definition) is 3. The standard InChI is InChI=1S/C12H17BrO3/c1-2-3-9-6-10(13)4-5-12(9)16-8-11(15)7-14/h4-6,11,14-15H,2-3,7-8H2,1H3. The molecule has 4 heteroatoms. The van der Waals surface area contributed by atoms with Crippen molar-refractivity contribution in [1.29, 1.82) is 0 Å². The summed E-state index contributed by atoms with van der Waals surface area (Å²) in [6.07, 6.45) is 1.15. The SMILES string of the molecule is CCCc1cc(Br)ccc1OCC(O)CO. The van der Waals surface area contributed by atoms with Gasteiger partial charge in [0, 0.05) is 4.47 Å². The van der Waals surface area contributed by atoms with Gasteiger partial charge in [0.15, 0.2) is 0 Å². The van der Waals surface area contributed by atoms with Crippen molar-refractivity contribution in [3.63, 3.8) is 0 Å². The van der Waals surface area contributed by atoms with Crippen LogP contribution in [0.4, 0.5) is 0 Å². The van der Waals surface area contributed by atoms with E-state index in [4.69, 9.17) is 9.84 Å². The molecule has 0 aliphatic heterocycles. The second kappa shape index (κ2) is 6.89. The normalized spacial score (nSPS) is 12.5. The molecule has 3 nitrogen and oxygen atoms in total. The van der Waals surface area contributed by atoms with Crippen molar-refractivity contribution >= 4 is 15.9 Å². The van der Waals surface area contributed by atoms with E-state index in [2.05, 4.69) is 22.9 Å². The molecular weight excluding hydrogens is 272 g/mol. The summed E-state index contributed by atoms with van der Waals surface area (Å²) >= 11 is 3.42. The lowest BCUT2D eigenvalue weighted by atomic mass is 10.1. The number of rotatable bonds is 6. The van der Waals surface area contributed by atoms with Crippen LogP contribution in [0, 0.1) is 0 Å². The third-order valence-corrected chi connectivity index (χ3v) is 2.68. The third kappa shape index (κ3) is 4.12. The first kappa shape index (κ1) is 13.5. The maximum absolute atomic E-state index is 9.21. The number of benzene rings is 1. The maximum Gasteiger partial charge on any atom is 0.122 e. The van der Waals surface area contributed by atoms with Crippen LogP contribution >= 0.6 is 15.9 Å². The summed E-state index contributed by atoms with van der Waals surface area (Å²) in [6.45, 7) is 1.95. The van der Waals surface area contributed by atoms with Crippen molar-refractivity contribution in [2.24, 2.45) is 0 Å². The van der Waals surface area contributed by atoms with E-state index in [1.54, 1.807) is 0 Å². The van der Waals surface area contributed by atoms with Gasteiger partial charge in [-0.25, -0.2) is 0 Å². The number of aryl methyl sites for hydroxylation is 1. The second-order valence-corrected chi connectivity index (χ2v) is 4.57. The van der Waals surface area contributed by atoms with E-state index in [-0.39, 0.29) is 13.2 Å². The molecule has 1 aromatic carbocycles. The zero-order valence-electron chi connectivity index (χ0n) is 9.32. The van der Waals surface area contributed by atoms with Gasteiger partial charge in [-0.15, -0.1) is 0 Å². The van der Waals surface area contributed by atoms with Crippen molar-refractivity contribution in [2.75, 3.05) is 13.2 Å². The molecule has 1 unspecified atom stereocenters. The molecule has 0 saturated carbocycles. The lowest BCUT2D eigenvalue weighted by Crippen LogP contribution is -2.21. The predicted molar refractivity (Wildman–Crippen MR) is 66.7 cm³/mol. The highest BCUT2D eigenvalue weighted by Gasteiger charge is 2.07. The van der Waals surface area contributed by atoms with Crippen LogP contribution in [-0.2, 0) is 6.42 Å². The second-order valence-electron chi connectivity index (χ2n) is 3.65. The maximum atomic E-state index is 9.21. The van der Waals surface area contributed by atoms with E-state index in [1.165, 1.54) is 0 Å². The van der Waals surface area contributed by atoms with E-state index < -0.39 is 6.10 Å². The summed E-state index contributed by atoms with van der Waals surface area (Å²) in [4.78, 5) is 0. The molecule has 0 saturated heterocycles. The van der Waals surface area contributed by atoms with E-state index in [9.17, 15) is 5.11 Å². The zero-order chi connectivity index (χ0) is 12.0. The van der Waals surface area contributed by atoms with Crippen LogP contribution in [0.5, 0.6) is 5.75 Å². The first-order valence-corrected chi connectivity index (χ1v) is 6.16. The Morgan fingerprint density at radius 2 is 2.19 bits per heavy atom. The Bertz CT molecular complexity index is 328. The monoisotopic (exact) mass is 288 g/mol. The fraction of sp³-hybridized carbons (Fsp3) is 0.500. The minimum Gasteiger partial charge on any atom is -0.491 e. The molecular formula is C12H17BrO3. The summed E-state index contributed by atoms with van der Waals surface area (Å²) in [6, 6.07) is 5.79. The Labute approximate surface area is 104 Å². The lowest BCUT2D eigenvalue weighted by Gasteiger charge is -2.13. The molecule has 1 aromatic rings. The highest BCUT2D eigenvalue weighted by molar-refractivity contribution is 9.10. The summed E-state index contributed by atoms with van der Waals surface area (Å²) in [5.41, 5.74) is 1.11. The number of hydrogen-bond donors (Lipinski definition) is 2. The molecule has 0 heterocycles. The lowest BCUT2D eigenvalue weighted by molar-refractivity contribution is 0.0533. The number of aliphatic hydroxyl groups excluding tert-OH is 2. The molecule has 0 aromatic heterocycles. The van der Waals surface area contributed by atoms with Crippen molar-refractivity contribution in [3.8, 4) is 5.75 Å². The number of ether oxygens (including phenoxy) is 1. The molecule has 0 radical (unpaired) electrons. The van der Waals surface area contributed by atoms with Crippen molar-refractivity contribution in [3.05, 3.63) is 28.2 Å². The largest absolute Gasteiger partial charge is 0.491 e. The minimum atomic E-state index is -0.821. The topological polar surface area (TPSA) is 49.7 Å². The highest BCUT2D eigenvalue weighted by Crippen LogP contribution is 2.24. The Hall–Kier alpha value is -0.580. The van der Waals surface area contributed by atoms with Gasteiger partial charge in [-0.1, -0.05) is 29.3 Å². The molecule has 0 aliphatic rings.